The Kier molecular flexibility index (Phi) is 8.51. The standard InChI is InChI=1S/C32H31BN2O9/c1-5-34(6-2)27-18-14-23(29(20-27)40-22(3)36)15-19-28-21-30(24-12-16-26(17-13-24)35(38)39)42-33(41-28)43-31(37)32(4,44-33)25-10-8-7-9-11-25/h7-20,28H,5-6H2,1-4H3. The number of non-ortho nitro benzene ring substituents is 1. The minimum atomic E-state index is -3.14. The predicted octanol–water partition coefficient (Wildman–Crippen LogP) is 5.56. The van der Waals surface area contributed by atoms with Gasteiger partial charge in [-0.25, -0.2) is 0 Å². The highest BCUT2D eigenvalue weighted by atomic mass is 16.9. The summed E-state index contributed by atoms with van der Waals surface area (Å²) >= 11 is 0. The van der Waals surface area contributed by atoms with Gasteiger partial charge in [0.2, 0.25) is 0 Å². The summed E-state index contributed by atoms with van der Waals surface area (Å²) in [5.74, 6) is -0.715. The second-order valence-electron chi connectivity index (χ2n) is 10.3. The Bertz CT molecular complexity index is 1620. The summed E-state index contributed by atoms with van der Waals surface area (Å²) in [7, 11) is 0. The highest BCUT2D eigenvalue weighted by Crippen LogP contribution is 2.43. The molecule has 0 saturated carbocycles. The first-order valence-electron chi connectivity index (χ1n) is 14.2. The molecule has 0 aliphatic carbocycles. The Balaban J connectivity index is 1.52. The molecular weight excluding hydrogens is 567 g/mol. The van der Waals surface area contributed by atoms with Gasteiger partial charge in [-0.1, -0.05) is 30.3 Å². The summed E-state index contributed by atoms with van der Waals surface area (Å²) < 4.78 is 29.5. The maximum absolute atomic E-state index is 13.2. The van der Waals surface area contributed by atoms with Gasteiger partial charge in [-0.15, -0.1) is 0 Å². The van der Waals surface area contributed by atoms with E-state index in [0.717, 1.165) is 18.8 Å². The minimum Gasteiger partial charge on any atom is -0.606 e. The van der Waals surface area contributed by atoms with Crippen LogP contribution in [-0.4, -0.2) is 43.0 Å². The second kappa shape index (κ2) is 12.3. The molecule has 0 bridgehead atoms. The third-order valence-electron chi connectivity index (χ3n) is 7.36. The Labute approximate surface area is 254 Å². The SMILES string of the molecule is CCN(CC)c1ccc(C=CC2[C+]=C(c3ccc([N+](=O)[O-])cc3)O[B-]3(OC(=O)C(C)(c4ccccc4)O3)O2)c(OC(C)=O)c1. The zero-order valence-corrected chi connectivity index (χ0v) is 24.7. The molecule has 3 aromatic rings. The predicted molar refractivity (Wildman–Crippen MR) is 163 cm³/mol. The van der Waals surface area contributed by atoms with Crippen molar-refractivity contribution in [3.8, 4) is 5.75 Å². The van der Waals surface area contributed by atoms with Crippen molar-refractivity contribution in [2.45, 2.75) is 39.4 Å². The van der Waals surface area contributed by atoms with Crippen molar-refractivity contribution < 1.29 is 37.9 Å². The van der Waals surface area contributed by atoms with Crippen LogP contribution < -0.4 is 9.64 Å². The zero-order valence-electron chi connectivity index (χ0n) is 24.7. The molecule has 44 heavy (non-hydrogen) atoms. The van der Waals surface area contributed by atoms with Gasteiger partial charge in [-0.2, -0.15) is 0 Å². The van der Waals surface area contributed by atoms with Gasteiger partial charge in [-0.05, 0) is 50.6 Å². The molecule has 12 heteroatoms. The molecule has 3 atom stereocenters. The number of benzene rings is 3. The van der Waals surface area contributed by atoms with E-state index < -0.39 is 35.5 Å². The normalized spacial score (nSPS) is 22.6. The van der Waals surface area contributed by atoms with E-state index in [0.29, 0.717) is 22.4 Å². The zero-order chi connectivity index (χ0) is 31.5. The number of esters is 1. The van der Waals surface area contributed by atoms with Gasteiger partial charge in [0.25, 0.3) is 11.7 Å². The lowest BCUT2D eigenvalue weighted by molar-refractivity contribution is -0.384. The van der Waals surface area contributed by atoms with E-state index in [9.17, 15) is 19.7 Å². The number of nitro benzene ring substituents is 1. The summed E-state index contributed by atoms with van der Waals surface area (Å²) in [5.41, 5.74) is 0.810. The van der Waals surface area contributed by atoms with Crippen LogP contribution in [0.3, 0.4) is 0 Å². The molecule has 5 rings (SSSR count). The van der Waals surface area contributed by atoms with Crippen LogP contribution in [0.2, 0.25) is 0 Å². The molecule has 11 nitrogen and oxygen atoms in total. The molecule has 1 spiro atoms. The third kappa shape index (κ3) is 6.18. The van der Waals surface area contributed by atoms with Crippen molar-refractivity contribution in [3.63, 3.8) is 0 Å². The average Bonchev–Trinajstić information content (AvgIpc) is 3.26. The lowest BCUT2D eigenvalue weighted by atomic mass is 9.94. The molecule has 3 aromatic carbocycles. The quantitative estimate of drug-likeness (QED) is 0.0771. The fourth-order valence-electron chi connectivity index (χ4n) is 5.06. The van der Waals surface area contributed by atoms with E-state index in [1.807, 2.05) is 32.0 Å². The number of ether oxygens (including phenoxy) is 1. The van der Waals surface area contributed by atoms with Gasteiger partial charge < -0.3 is 28.3 Å². The highest BCUT2D eigenvalue weighted by molar-refractivity contribution is 6.59. The summed E-state index contributed by atoms with van der Waals surface area (Å²) in [6.07, 6.45) is 5.43. The second-order valence-corrected chi connectivity index (χ2v) is 10.3. The van der Waals surface area contributed by atoms with Gasteiger partial charge in [0.1, 0.15) is 17.4 Å². The van der Waals surface area contributed by atoms with Crippen molar-refractivity contribution >= 4 is 42.1 Å². The monoisotopic (exact) mass is 598 g/mol. The van der Waals surface area contributed by atoms with Crippen LogP contribution in [0.15, 0.2) is 78.9 Å². The first kappa shape index (κ1) is 30.4. The van der Waals surface area contributed by atoms with Crippen LogP contribution in [-0.2, 0) is 33.8 Å². The minimum absolute atomic E-state index is 0.107. The first-order chi connectivity index (χ1) is 21.1. The Morgan fingerprint density at radius 3 is 2.43 bits per heavy atom. The number of hydrogen-bond donors (Lipinski definition) is 0. The fourth-order valence-corrected chi connectivity index (χ4v) is 5.06. The van der Waals surface area contributed by atoms with Gasteiger partial charge in [0.05, 0.1) is 4.92 Å². The third-order valence-corrected chi connectivity index (χ3v) is 7.36. The van der Waals surface area contributed by atoms with Crippen molar-refractivity contribution in [2.24, 2.45) is 0 Å². The van der Waals surface area contributed by atoms with Gasteiger partial charge in [0.15, 0.2) is 11.7 Å². The summed E-state index contributed by atoms with van der Waals surface area (Å²) in [6.45, 7) is 5.37. The molecule has 2 aliphatic heterocycles. The molecule has 0 amide bonds. The fraction of sp³-hybridized carbons (Fsp3) is 0.250. The van der Waals surface area contributed by atoms with Crippen LogP contribution in [0.4, 0.5) is 11.4 Å². The molecular formula is C32H31BN2O9. The molecule has 226 valence electrons. The number of nitro groups is 1. The Morgan fingerprint density at radius 2 is 1.80 bits per heavy atom. The van der Waals surface area contributed by atoms with Crippen LogP contribution >= 0.6 is 0 Å². The molecule has 3 unspecified atom stereocenters. The van der Waals surface area contributed by atoms with Crippen LogP contribution in [0.1, 0.15) is 44.4 Å². The van der Waals surface area contributed by atoms with Crippen molar-refractivity contribution in [1.29, 1.82) is 0 Å². The lowest BCUT2D eigenvalue weighted by Crippen LogP contribution is -2.50. The number of carbonyl (C=O) groups excluding carboxylic acids is 2. The Hall–Kier alpha value is -5.03. The molecule has 2 heterocycles. The highest BCUT2D eigenvalue weighted by Gasteiger charge is 2.60. The van der Waals surface area contributed by atoms with Crippen molar-refractivity contribution in [1.82, 2.24) is 0 Å². The van der Waals surface area contributed by atoms with Gasteiger partial charge in [0, 0.05) is 61.6 Å². The van der Waals surface area contributed by atoms with E-state index in [2.05, 4.69) is 11.0 Å². The van der Waals surface area contributed by atoms with Crippen LogP contribution in [0, 0.1) is 16.2 Å². The first-order valence-corrected chi connectivity index (χ1v) is 14.2. The van der Waals surface area contributed by atoms with E-state index in [1.165, 1.54) is 31.2 Å². The summed E-state index contributed by atoms with van der Waals surface area (Å²) in [4.78, 5) is 38.0. The van der Waals surface area contributed by atoms with Gasteiger partial charge in [-0.3, -0.25) is 19.7 Å². The number of carbonyl (C=O) groups is 2. The number of anilines is 1. The topological polar surface area (TPSA) is 127 Å². The lowest BCUT2D eigenvalue weighted by Gasteiger charge is -2.38. The largest absolute Gasteiger partial charge is 0.660 e. The molecule has 2 aliphatic rings. The Morgan fingerprint density at radius 1 is 1.09 bits per heavy atom. The number of nitrogens with zero attached hydrogens (tertiary/aromatic N) is 2. The van der Waals surface area contributed by atoms with Crippen molar-refractivity contribution in [2.75, 3.05) is 18.0 Å². The molecule has 0 N–H and O–H groups in total. The van der Waals surface area contributed by atoms with E-state index in [4.69, 9.17) is 23.4 Å². The molecule has 1 fully saturated rings. The smallest absolute Gasteiger partial charge is 0.606 e. The maximum Gasteiger partial charge on any atom is 0.660 e. The maximum atomic E-state index is 13.2. The molecule has 0 radical (unpaired) electrons. The average molecular weight is 598 g/mol. The molecule has 0 aromatic heterocycles. The van der Waals surface area contributed by atoms with Crippen molar-refractivity contribution in [3.05, 3.63) is 112 Å². The van der Waals surface area contributed by atoms with E-state index >= 15 is 0 Å². The van der Waals surface area contributed by atoms with Crippen LogP contribution in [0.25, 0.3) is 11.8 Å². The van der Waals surface area contributed by atoms with Gasteiger partial charge >= 0.3 is 18.7 Å². The van der Waals surface area contributed by atoms with E-state index in [1.54, 1.807) is 49.4 Å². The molecule has 1 saturated heterocycles. The van der Waals surface area contributed by atoms with Crippen LogP contribution in [0.5, 0.6) is 5.75 Å². The number of hydrogen-bond acceptors (Lipinski definition) is 10. The summed E-state index contributed by atoms with van der Waals surface area (Å²) in [6, 6.07) is 20.0. The van der Waals surface area contributed by atoms with E-state index in [-0.39, 0.29) is 11.4 Å². The number of rotatable bonds is 9. The summed E-state index contributed by atoms with van der Waals surface area (Å²) in [5, 5.41) is 11.2.